The van der Waals surface area contributed by atoms with Gasteiger partial charge in [-0.15, -0.1) is 0 Å². The van der Waals surface area contributed by atoms with Crippen molar-refractivity contribution in [3.8, 4) is 0 Å². The van der Waals surface area contributed by atoms with Gasteiger partial charge in [0.1, 0.15) is 11.5 Å². The van der Waals surface area contributed by atoms with Gasteiger partial charge in [-0.2, -0.15) is 5.10 Å². The Morgan fingerprint density at radius 3 is 3.07 bits per heavy atom. The second kappa shape index (κ2) is 3.32. The van der Waals surface area contributed by atoms with Gasteiger partial charge in [-0.05, 0) is 12.3 Å². The number of rotatable bonds is 1. The van der Waals surface area contributed by atoms with Crippen LogP contribution in [0.5, 0.6) is 0 Å². The van der Waals surface area contributed by atoms with Gasteiger partial charge >= 0.3 is 0 Å². The summed E-state index contributed by atoms with van der Waals surface area (Å²) in [6.45, 7) is 3.81. The molecule has 1 amide bonds. The van der Waals surface area contributed by atoms with Crippen LogP contribution in [0.3, 0.4) is 0 Å². The molecule has 0 aliphatic carbocycles. The van der Waals surface area contributed by atoms with Crippen LogP contribution in [0.25, 0.3) is 0 Å². The predicted octanol–water partition coefficient (Wildman–Crippen LogP) is 0.474. The summed E-state index contributed by atoms with van der Waals surface area (Å²) in [5.74, 6) is 0.957. The van der Waals surface area contributed by atoms with E-state index < -0.39 is 0 Å². The number of likely N-dealkylation sites (tertiary alicyclic amines) is 1. The average molecular weight is 194 g/mol. The smallest absolute Gasteiger partial charge is 0.271 e. The molecule has 1 saturated heterocycles. The van der Waals surface area contributed by atoms with E-state index >= 15 is 0 Å². The highest BCUT2D eigenvalue weighted by Crippen LogP contribution is 2.17. The maximum absolute atomic E-state index is 11.8. The van der Waals surface area contributed by atoms with Crippen molar-refractivity contribution >= 4 is 11.7 Å². The summed E-state index contributed by atoms with van der Waals surface area (Å²) < 4.78 is 0. The Labute approximate surface area is 82.3 Å². The lowest BCUT2D eigenvalue weighted by Crippen LogP contribution is -2.28. The average Bonchev–Trinajstić information content (AvgIpc) is 2.73. The normalized spacial score (nSPS) is 21.5. The first kappa shape index (κ1) is 9.05. The molecule has 0 aromatic carbocycles. The van der Waals surface area contributed by atoms with Gasteiger partial charge in [-0.25, -0.2) is 0 Å². The zero-order valence-electron chi connectivity index (χ0n) is 8.16. The molecule has 5 heteroatoms. The van der Waals surface area contributed by atoms with E-state index in [2.05, 4.69) is 17.1 Å². The molecular weight excluding hydrogens is 180 g/mol. The molecule has 0 spiro atoms. The van der Waals surface area contributed by atoms with E-state index in [1.54, 1.807) is 6.07 Å². The van der Waals surface area contributed by atoms with Crippen molar-refractivity contribution < 1.29 is 4.79 Å². The molecule has 0 bridgehead atoms. The fraction of sp³-hybridized carbons (Fsp3) is 0.556. The molecule has 1 atom stereocenters. The number of hydrogen-bond donors (Lipinski definition) is 2. The molecule has 5 nitrogen and oxygen atoms in total. The first-order chi connectivity index (χ1) is 6.66. The molecule has 1 aliphatic rings. The number of nitrogens with one attached hydrogen (secondary N) is 1. The number of nitrogens with zero attached hydrogens (tertiary/aromatic N) is 2. The van der Waals surface area contributed by atoms with E-state index in [1.807, 2.05) is 4.90 Å². The SMILES string of the molecule is CC1CCN(C(=O)c2cc(N)n[nH]2)C1. The standard InChI is InChI=1S/C9H14N4O/c1-6-2-3-13(5-6)9(14)7-4-8(10)12-11-7/h4,6H,2-3,5H2,1H3,(H3,10,11,12). The Kier molecular flexibility index (Phi) is 2.15. The number of hydrogen-bond acceptors (Lipinski definition) is 3. The van der Waals surface area contributed by atoms with Crippen molar-refractivity contribution in [1.29, 1.82) is 0 Å². The number of nitrogen functional groups attached to an aromatic ring is 1. The van der Waals surface area contributed by atoms with Crippen molar-refractivity contribution in [2.45, 2.75) is 13.3 Å². The first-order valence-corrected chi connectivity index (χ1v) is 4.77. The van der Waals surface area contributed by atoms with E-state index in [0.717, 1.165) is 19.5 Å². The molecule has 14 heavy (non-hydrogen) atoms. The first-order valence-electron chi connectivity index (χ1n) is 4.77. The molecule has 0 radical (unpaired) electrons. The highest BCUT2D eigenvalue weighted by molar-refractivity contribution is 5.93. The van der Waals surface area contributed by atoms with Gasteiger partial charge in [-0.3, -0.25) is 9.89 Å². The van der Waals surface area contributed by atoms with Crippen molar-refractivity contribution in [2.75, 3.05) is 18.8 Å². The molecule has 3 N–H and O–H groups in total. The zero-order valence-corrected chi connectivity index (χ0v) is 8.16. The summed E-state index contributed by atoms with van der Waals surface area (Å²) in [6.07, 6.45) is 1.08. The second-order valence-electron chi connectivity index (χ2n) is 3.85. The molecule has 76 valence electrons. The number of aromatic amines is 1. The topological polar surface area (TPSA) is 75.0 Å². The molecule has 2 heterocycles. The number of nitrogens with two attached hydrogens (primary N) is 1. The summed E-state index contributed by atoms with van der Waals surface area (Å²) in [5.41, 5.74) is 5.91. The van der Waals surface area contributed by atoms with Gasteiger partial charge < -0.3 is 10.6 Å². The fourth-order valence-electron chi connectivity index (χ4n) is 1.74. The largest absolute Gasteiger partial charge is 0.382 e. The number of carbonyl (C=O) groups excluding carboxylic acids is 1. The second-order valence-corrected chi connectivity index (χ2v) is 3.85. The monoisotopic (exact) mass is 194 g/mol. The Bertz CT molecular complexity index is 346. The molecule has 1 aromatic heterocycles. The van der Waals surface area contributed by atoms with Crippen LogP contribution in [0.15, 0.2) is 6.07 Å². The van der Waals surface area contributed by atoms with Gasteiger partial charge in [-0.1, -0.05) is 6.92 Å². The predicted molar refractivity (Wildman–Crippen MR) is 52.7 cm³/mol. The van der Waals surface area contributed by atoms with Crippen molar-refractivity contribution in [2.24, 2.45) is 5.92 Å². The lowest BCUT2D eigenvalue weighted by Gasteiger charge is -2.13. The third-order valence-corrected chi connectivity index (χ3v) is 2.54. The van der Waals surface area contributed by atoms with E-state index in [-0.39, 0.29) is 5.91 Å². The van der Waals surface area contributed by atoms with E-state index in [1.165, 1.54) is 0 Å². The third kappa shape index (κ3) is 1.57. The van der Waals surface area contributed by atoms with Crippen LogP contribution in [-0.2, 0) is 0 Å². The van der Waals surface area contributed by atoms with Crippen LogP contribution < -0.4 is 5.73 Å². The van der Waals surface area contributed by atoms with Crippen LogP contribution in [0.1, 0.15) is 23.8 Å². The van der Waals surface area contributed by atoms with Crippen LogP contribution >= 0.6 is 0 Å². The molecule has 1 aromatic rings. The Balaban J connectivity index is 2.09. The molecule has 1 aliphatic heterocycles. The molecule has 1 unspecified atom stereocenters. The minimum absolute atomic E-state index is 0.00134. The summed E-state index contributed by atoms with van der Waals surface area (Å²) in [7, 11) is 0. The zero-order chi connectivity index (χ0) is 10.1. The summed E-state index contributed by atoms with van der Waals surface area (Å²) in [4.78, 5) is 13.6. The summed E-state index contributed by atoms with van der Waals surface area (Å²) >= 11 is 0. The van der Waals surface area contributed by atoms with Gasteiger partial charge in [0, 0.05) is 19.2 Å². The maximum atomic E-state index is 11.8. The number of H-pyrrole nitrogens is 1. The van der Waals surface area contributed by atoms with Crippen LogP contribution in [-0.4, -0.2) is 34.1 Å². The Morgan fingerprint density at radius 1 is 1.79 bits per heavy atom. The highest BCUT2D eigenvalue weighted by Gasteiger charge is 2.24. The molecule has 2 rings (SSSR count). The van der Waals surface area contributed by atoms with E-state index in [9.17, 15) is 4.79 Å². The lowest BCUT2D eigenvalue weighted by molar-refractivity contribution is 0.0782. The fourth-order valence-corrected chi connectivity index (χ4v) is 1.74. The van der Waals surface area contributed by atoms with Crippen molar-refractivity contribution in [3.63, 3.8) is 0 Å². The number of carbonyl (C=O) groups is 1. The Morgan fingerprint density at radius 2 is 2.57 bits per heavy atom. The van der Waals surface area contributed by atoms with Gasteiger partial charge in [0.15, 0.2) is 0 Å². The lowest BCUT2D eigenvalue weighted by atomic mass is 10.2. The van der Waals surface area contributed by atoms with Crippen LogP contribution in [0.4, 0.5) is 5.82 Å². The number of anilines is 1. The van der Waals surface area contributed by atoms with E-state index in [0.29, 0.717) is 17.4 Å². The van der Waals surface area contributed by atoms with Gasteiger partial charge in [0.05, 0.1) is 0 Å². The molecule has 0 saturated carbocycles. The highest BCUT2D eigenvalue weighted by atomic mass is 16.2. The van der Waals surface area contributed by atoms with E-state index in [4.69, 9.17) is 5.73 Å². The number of amides is 1. The minimum atomic E-state index is -0.00134. The summed E-state index contributed by atoms with van der Waals surface area (Å²) in [5, 5.41) is 6.36. The third-order valence-electron chi connectivity index (χ3n) is 2.54. The maximum Gasteiger partial charge on any atom is 0.271 e. The van der Waals surface area contributed by atoms with Crippen LogP contribution in [0.2, 0.25) is 0 Å². The quantitative estimate of drug-likeness (QED) is 0.682. The summed E-state index contributed by atoms with van der Waals surface area (Å²) in [6, 6.07) is 1.57. The molecule has 1 fully saturated rings. The van der Waals surface area contributed by atoms with Crippen molar-refractivity contribution in [1.82, 2.24) is 15.1 Å². The minimum Gasteiger partial charge on any atom is -0.382 e. The molecular formula is C9H14N4O. The Hall–Kier alpha value is -1.52. The van der Waals surface area contributed by atoms with Crippen molar-refractivity contribution in [3.05, 3.63) is 11.8 Å². The van der Waals surface area contributed by atoms with Crippen LogP contribution in [0, 0.1) is 5.92 Å². The number of aromatic nitrogens is 2. The van der Waals surface area contributed by atoms with Gasteiger partial charge in [0.25, 0.3) is 5.91 Å². The van der Waals surface area contributed by atoms with Gasteiger partial charge in [0.2, 0.25) is 0 Å².